The molecule has 0 aliphatic carbocycles. The highest BCUT2D eigenvalue weighted by molar-refractivity contribution is 5.55. The number of ether oxygens (including phenoxy) is 1. The lowest BCUT2D eigenvalue weighted by molar-refractivity contribution is -0.915. The van der Waals surface area contributed by atoms with Crippen molar-refractivity contribution in [3.8, 4) is 5.75 Å². The summed E-state index contributed by atoms with van der Waals surface area (Å²) in [7, 11) is 1.63. The minimum atomic E-state index is -0.213. The highest BCUT2D eigenvalue weighted by Gasteiger charge is 2.22. The van der Waals surface area contributed by atoms with Crippen LogP contribution in [0.3, 0.4) is 0 Å². The summed E-state index contributed by atoms with van der Waals surface area (Å²) in [5, 5.41) is 3.16. The standard InChI is InChI=1S/C21H24FN7O/c1-30-18-8-4-16(5-9-18)24-21-26-19(25-20(23)27-21)14-28-10-12-29(13-11-28)17-6-2-15(22)3-7-17/h2-9H,10-14H2,1H3,(H3,23,24,25,26,27)/p+1. The van der Waals surface area contributed by atoms with Crippen LogP contribution < -0.4 is 25.6 Å². The van der Waals surface area contributed by atoms with Crippen molar-refractivity contribution < 1.29 is 14.0 Å². The molecule has 0 amide bonds. The number of rotatable bonds is 6. The van der Waals surface area contributed by atoms with Crippen LogP contribution in [0.2, 0.25) is 0 Å². The van der Waals surface area contributed by atoms with Crippen molar-refractivity contribution in [2.75, 3.05) is 49.2 Å². The maximum absolute atomic E-state index is 13.1. The first-order valence-corrected chi connectivity index (χ1v) is 9.84. The van der Waals surface area contributed by atoms with Gasteiger partial charge in [-0.05, 0) is 48.5 Å². The second kappa shape index (κ2) is 8.91. The molecule has 1 saturated heterocycles. The van der Waals surface area contributed by atoms with E-state index < -0.39 is 0 Å². The molecule has 1 fully saturated rings. The van der Waals surface area contributed by atoms with Crippen molar-refractivity contribution in [3.05, 3.63) is 60.2 Å². The summed E-state index contributed by atoms with van der Waals surface area (Å²) in [4.78, 5) is 16.7. The number of aromatic nitrogens is 3. The van der Waals surface area contributed by atoms with Gasteiger partial charge in [0.1, 0.15) is 18.1 Å². The quantitative estimate of drug-likeness (QED) is 0.563. The second-order valence-electron chi connectivity index (χ2n) is 7.18. The van der Waals surface area contributed by atoms with Gasteiger partial charge in [0, 0.05) is 11.4 Å². The van der Waals surface area contributed by atoms with Crippen LogP contribution in [0.15, 0.2) is 48.5 Å². The third-order valence-electron chi connectivity index (χ3n) is 5.12. The van der Waals surface area contributed by atoms with Crippen molar-refractivity contribution >= 4 is 23.3 Å². The van der Waals surface area contributed by atoms with Crippen molar-refractivity contribution in [2.24, 2.45) is 0 Å². The maximum atomic E-state index is 13.1. The molecule has 9 heteroatoms. The van der Waals surface area contributed by atoms with E-state index in [-0.39, 0.29) is 11.8 Å². The van der Waals surface area contributed by atoms with Gasteiger partial charge in [-0.25, -0.2) is 4.39 Å². The molecule has 2 aromatic carbocycles. The molecule has 156 valence electrons. The van der Waals surface area contributed by atoms with Gasteiger partial charge in [0.25, 0.3) is 0 Å². The number of piperazine rings is 1. The van der Waals surface area contributed by atoms with E-state index in [9.17, 15) is 4.39 Å². The number of nitrogens with two attached hydrogens (primary N) is 1. The zero-order valence-corrected chi connectivity index (χ0v) is 16.8. The van der Waals surface area contributed by atoms with E-state index in [1.807, 2.05) is 36.4 Å². The zero-order valence-electron chi connectivity index (χ0n) is 16.8. The number of hydrogen-bond donors (Lipinski definition) is 3. The third kappa shape index (κ3) is 4.93. The summed E-state index contributed by atoms with van der Waals surface area (Å²) < 4.78 is 18.3. The Bertz CT molecular complexity index is 974. The molecule has 1 aromatic heterocycles. The molecule has 2 heterocycles. The van der Waals surface area contributed by atoms with Crippen LogP contribution in [0.1, 0.15) is 5.82 Å². The van der Waals surface area contributed by atoms with Crippen LogP contribution in [-0.2, 0) is 6.54 Å². The third-order valence-corrected chi connectivity index (χ3v) is 5.12. The average molecular weight is 410 g/mol. The molecule has 0 radical (unpaired) electrons. The van der Waals surface area contributed by atoms with Gasteiger partial charge in [0.15, 0.2) is 5.82 Å². The Kier molecular flexibility index (Phi) is 5.89. The number of nitrogens with zero attached hydrogens (tertiary/aromatic N) is 4. The number of nitrogens with one attached hydrogen (secondary N) is 2. The number of quaternary nitrogens is 1. The predicted molar refractivity (Wildman–Crippen MR) is 114 cm³/mol. The normalized spacial score (nSPS) is 14.5. The van der Waals surface area contributed by atoms with Crippen LogP contribution >= 0.6 is 0 Å². The molecule has 0 bridgehead atoms. The molecule has 0 atom stereocenters. The van der Waals surface area contributed by atoms with Gasteiger partial charge in [-0.1, -0.05) is 0 Å². The molecule has 1 aliphatic heterocycles. The lowest BCUT2D eigenvalue weighted by atomic mass is 10.2. The summed E-state index contributed by atoms with van der Waals surface area (Å²) in [6.45, 7) is 4.31. The number of halogens is 1. The Balaban J connectivity index is 1.37. The Morgan fingerprint density at radius 3 is 2.40 bits per heavy atom. The summed E-state index contributed by atoms with van der Waals surface area (Å²) in [6, 6.07) is 14.1. The van der Waals surface area contributed by atoms with Crippen LogP contribution in [0.5, 0.6) is 5.75 Å². The van der Waals surface area contributed by atoms with Crippen molar-refractivity contribution in [1.29, 1.82) is 0 Å². The molecule has 1 aliphatic rings. The van der Waals surface area contributed by atoms with Gasteiger partial charge >= 0.3 is 0 Å². The van der Waals surface area contributed by atoms with Crippen LogP contribution in [-0.4, -0.2) is 48.2 Å². The molecule has 8 nitrogen and oxygen atoms in total. The largest absolute Gasteiger partial charge is 0.497 e. The number of nitrogen functional groups attached to an aromatic ring is 1. The van der Waals surface area contributed by atoms with E-state index in [0.29, 0.717) is 18.3 Å². The van der Waals surface area contributed by atoms with Gasteiger partial charge < -0.3 is 25.6 Å². The van der Waals surface area contributed by atoms with Gasteiger partial charge in [0.05, 0.1) is 33.3 Å². The van der Waals surface area contributed by atoms with Crippen molar-refractivity contribution in [3.63, 3.8) is 0 Å². The van der Waals surface area contributed by atoms with Gasteiger partial charge in [-0.2, -0.15) is 15.0 Å². The van der Waals surface area contributed by atoms with Gasteiger partial charge in [-0.3, -0.25) is 0 Å². The number of benzene rings is 2. The van der Waals surface area contributed by atoms with E-state index in [0.717, 1.165) is 43.3 Å². The van der Waals surface area contributed by atoms with Crippen LogP contribution in [0.4, 0.5) is 27.7 Å². The Labute approximate surface area is 174 Å². The molecule has 3 aromatic rings. The van der Waals surface area contributed by atoms with E-state index in [2.05, 4.69) is 25.2 Å². The van der Waals surface area contributed by atoms with Crippen LogP contribution in [0.25, 0.3) is 0 Å². The Morgan fingerprint density at radius 1 is 1.03 bits per heavy atom. The summed E-state index contributed by atoms with van der Waals surface area (Å²) >= 11 is 0. The fourth-order valence-corrected chi connectivity index (χ4v) is 3.51. The molecular formula is C21H25FN7O+. The highest BCUT2D eigenvalue weighted by atomic mass is 19.1. The van der Waals surface area contributed by atoms with E-state index >= 15 is 0 Å². The van der Waals surface area contributed by atoms with E-state index in [1.54, 1.807) is 7.11 Å². The molecule has 4 rings (SSSR count). The first kappa shape index (κ1) is 19.8. The smallest absolute Gasteiger partial charge is 0.232 e. The van der Waals surface area contributed by atoms with Gasteiger partial charge in [0.2, 0.25) is 11.9 Å². The van der Waals surface area contributed by atoms with Gasteiger partial charge in [-0.15, -0.1) is 0 Å². The minimum absolute atomic E-state index is 0.195. The summed E-state index contributed by atoms with van der Waals surface area (Å²) in [5.74, 6) is 1.84. The number of methoxy groups -OCH3 is 1. The second-order valence-corrected chi connectivity index (χ2v) is 7.18. The fraction of sp³-hybridized carbons (Fsp3) is 0.286. The Hall–Kier alpha value is -3.46. The average Bonchev–Trinajstić information content (AvgIpc) is 2.75. The maximum Gasteiger partial charge on any atom is 0.232 e. The van der Waals surface area contributed by atoms with E-state index in [4.69, 9.17) is 10.5 Å². The highest BCUT2D eigenvalue weighted by Crippen LogP contribution is 2.18. The number of hydrogen-bond acceptors (Lipinski definition) is 7. The lowest BCUT2D eigenvalue weighted by Gasteiger charge is -2.33. The van der Waals surface area contributed by atoms with Crippen molar-refractivity contribution in [2.45, 2.75) is 6.54 Å². The first-order chi connectivity index (χ1) is 14.6. The van der Waals surface area contributed by atoms with E-state index in [1.165, 1.54) is 17.0 Å². The van der Waals surface area contributed by atoms with Crippen molar-refractivity contribution in [1.82, 2.24) is 15.0 Å². The summed E-state index contributed by atoms with van der Waals surface area (Å²) in [5.41, 5.74) is 7.79. The lowest BCUT2D eigenvalue weighted by Crippen LogP contribution is -3.13. The number of anilines is 4. The monoisotopic (exact) mass is 410 g/mol. The first-order valence-electron chi connectivity index (χ1n) is 9.84. The zero-order chi connectivity index (χ0) is 20.9. The molecule has 4 N–H and O–H groups in total. The fourth-order valence-electron chi connectivity index (χ4n) is 3.51. The van der Waals surface area contributed by atoms with Crippen LogP contribution in [0, 0.1) is 5.82 Å². The Morgan fingerprint density at radius 2 is 1.73 bits per heavy atom. The molecule has 30 heavy (non-hydrogen) atoms. The molecule has 0 saturated carbocycles. The molecule has 0 spiro atoms. The summed E-state index contributed by atoms with van der Waals surface area (Å²) in [6.07, 6.45) is 0. The topological polar surface area (TPSA) is 93.6 Å². The molecular weight excluding hydrogens is 385 g/mol. The SMILES string of the molecule is COc1ccc(Nc2nc(N)nc(C[NH+]3CCN(c4ccc(F)cc4)CC3)n2)cc1. The predicted octanol–water partition coefficient (Wildman–Crippen LogP) is 1.25. The molecule has 0 unspecified atom stereocenters. The minimum Gasteiger partial charge on any atom is -0.497 e.